The van der Waals surface area contributed by atoms with Crippen LogP contribution in [0.25, 0.3) is 11.0 Å². The Kier molecular flexibility index (Phi) is 1.92. The van der Waals surface area contributed by atoms with Gasteiger partial charge in [0.1, 0.15) is 5.52 Å². The van der Waals surface area contributed by atoms with Gasteiger partial charge in [0.15, 0.2) is 5.52 Å². The van der Waals surface area contributed by atoms with E-state index in [2.05, 4.69) is 35.1 Å². The highest BCUT2D eigenvalue weighted by Crippen LogP contribution is 2.30. The van der Waals surface area contributed by atoms with E-state index in [9.17, 15) is 4.79 Å². The van der Waals surface area contributed by atoms with E-state index in [1.807, 2.05) is 0 Å². The molecule has 0 radical (unpaired) electrons. The number of rotatable bonds is 0. The first-order valence-electron chi connectivity index (χ1n) is 4.33. The van der Waals surface area contributed by atoms with E-state index in [4.69, 9.17) is 0 Å². The monoisotopic (exact) mass is 209 g/mol. The molecule has 0 atom stereocenters. The standard InChI is InChI=1S/C9H11N3OS/c1-9(2,3)7-5-6(12-14-7)8(13)11-4-10-5/h4H,1-3H3,(H,10,11,13). The van der Waals surface area contributed by atoms with Gasteiger partial charge in [0, 0.05) is 5.41 Å². The normalized spacial score (nSPS) is 12.2. The molecule has 0 spiro atoms. The highest BCUT2D eigenvalue weighted by molar-refractivity contribution is 7.07. The van der Waals surface area contributed by atoms with Gasteiger partial charge in [-0.2, -0.15) is 4.37 Å². The molecule has 2 rings (SSSR count). The number of hydrogen-bond donors (Lipinski definition) is 1. The molecule has 0 unspecified atom stereocenters. The van der Waals surface area contributed by atoms with Crippen molar-refractivity contribution >= 4 is 22.6 Å². The molecule has 5 heteroatoms. The lowest BCUT2D eigenvalue weighted by Crippen LogP contribution is -2.11. The SMILES string of the molecule is CC(C)(C)c1snc2c(=O)[nH]cnc12. The zero-order valence-electron chi connectivity index (χ0n) is 8.29. The van der Waals surface area contributed by atoms with Gasteiger partial charge >= 0.3 is 0 Å². The second kappa shape index (κ2) is 2.88. The van der Waals surface area contributed by atoms with Crippen LogP contribution in [0.2, 0.25) is 0 Å². The number of H-pyrrole nitrogens is 1. The first kappa shape index (κ1) is 9.33. The number of aromatic amines is 1. The zero-order chi connectivity index (χ0) is 10.3. The maximum absolute atomic E-state index is 11.4. The third-order valence-corrected chi connectivity index (χ3v) is 3.22. The van der Waals surface area contributed by atoms with E-state index >= 15 is 0 Å². The molecule has 74 valence electrons. The first-order chi connectivity index (χ1) is 6.50. The van der Waals surface area contributed by atoms with E-state index in [0.717, 1.165) is 10.4 Å². The van der Waals surface area contributed by atoms with Crippen LogP contribution in [0.5, 0.6) is 0 Å². The number of nitrogens with one attached hydrogen (secondary N) is 1. The van der Waals surface area contributed by atoms with Gasteiger partial charge in [-0.1, -0.05) is 20.8 Å². The van der Waals surface area contributed by atoms with Crippen molar-refractivity contribution in [3.63, 3.8) is 0 Å². The third kappa shape index (κ3) is 1.33. The molecule has 0 aliphatic heterocycles. The predicted molar refractivity (Wildman–Crippen MR) is 56.7 cm³/mol. The fourth-order valence-corrected chi connectivity index (χ4v) is 2.13. The van der Waals surface area contributed by atoms with E-state index in [-0.39, 0.29) is 11.0 Å². The Morgan fingerprint density at radius 2 is 2.07 bits per heavy atom. The molecule has 2 heterocycles. The number of aromatic nitrogens is 3. The summed E-state index contributed by atoms with van der Waals surface area (Å²) in [4.78, 5) is 19.1. The lowest BCUT2D eigenvalue weighted by Gasteiger charge is -2.14. The molecule has 14 heavy (non-hydrogen) atoms. The minimum Gasteiger partial charge on any atom is -0.311 e. The van der Waals surface area contributed by atoms with Crippen LogP contribution in [-0.4, -0.2) is 14.3 Å². The summed E-state index contributed by atoms with van der Waals surface area (Å²) < 4.78 is 4.12. The Bertz CT molecular complexity index is 521. The van der Waals surface area contributed by atoms with Gasteiger partial charge in [-0.3, -0.25) is 4.79 Å². The van der Waals surface area contributed by atoms with Crippen molar-refractivity contribution in [2.45, 2.75) is 26.2 Å². The summed E-state index contributed by atoms with van der Waals surface area (Å²) in [5, 5.41) is 0. The molecule has 2 aromatic heterocycles. The number of hydrogen-bond acceptors (Lipinski definition) is 4. The Labute approximate surface area is 85.2 Å². The molecule has 0 aliphatic carbocycles. The predicted octanol–water partition coefficient (Wildman–Crippen LogP) is 1.68. The van der Waals surface area contributed by atoms with Crippen LogP contribution in [0, 0.1) is 0 Å². The summed E-state index contributed by atoms with van der Waals surface area (Å²) in [5.41, 5.74) is 0.996. The van der Waals surface area contributed by atoms with Crippen molar-refractivity contribution in [1.82, 2.24) is 14.3 Å². The molecule has 0 bridgehead atoms. The molecule has 1 N–H and O–H groups in total. The lowest BCUT2D eigenvalue weighted by atomic mass is 9.94. The Morgan fingerprint density at radius 3 is 2.71 bits per heavy atom. The van der Waals surface area contributed by atoms with Crippen LogP contribution in [0.3, 0.4) is 0 Å². The maximum Gasteiger partial charge on any atom is 0.278 e. The second-order valence-electron chi connectivity index (χ2n) is 4.19. The summed E-state index contributed by atoms with van der Waals surface area (Å²) in [5.74, 6) is 0. The van der Waals surface area contributed by atoms with Crippen LogP contribution in [0.15, 0.2) is 11.1 Å². The summed E-state index contributed by atoms with van der Waals surface area (Å²) in [6, 6.07) is 0. The number of nitrogens with zero attached hydrogens (tertiary/aromatic N) is 2. The number of fused-ring (bicyclic) bond motifs is 1. The van der Waals surface area contributed by atoms with Crippen molar-refractivity contribution < 1.29 is 0 Å². The van der Waals surface area contributed by atoms with E-state index in [0.29, 0.717) is 5.52 Å². The molecule has 4 nitrogen and oxygen atoms in total. The molecule has 0 fully saturated rings. The smallest absolute Gasteiger partial charge is 0.278 e. The van der Waals surface area contributed by atoms with Crippen LogP contribution in [-0.2, 0) is 5.41 Å². The van der Waals surface area contributed by atoms with Crippen molar-refractivity contribution in [3.8, 4) is 0 Å². The molecular weight excluding hydrogens is 198 g/mol. The van der Waals surface area contributed by atoms with E-state index < -0.39 is 0 Å². The van der Waals surface area contributed by atoms with E-state index in [1.165, 1.54) is 17.9 Å². The first-order valence-corrected chi connectivity index (χ1v) is 5.11. The van der Waals surface area contributed by atoms with Crippen molar-refractivity contribution in [2.24, 2.45) is 0 Å². The van der Waals surface area contributed by atoms with Crippen LogP contribution >= 0.6 is 11.5 Å². The van der Waals surface area contributed by atoms with Crippen molar-refractivity contribution in [1.29, 1.82) is 0 Å². The zero-order valence-corrected chi connectivity index (χ0v) is 9.10. The minimum absolute atomic E-state index is 0.0137. The minimum atomic E-state index is -0.165. The van der Waals surface area contributed by atoms with E-state index in [1.54, 1.807) is 0 Å². The quantitative estimate of drug-likeness (QED) is 0.718. The highest BCUT2D eigenvalue weighted by Gasteiger charge is 2.21. The molecule has 2 aromatic rings. The summed E-state index contributed by atoms with van der Waals surface area (Å²) in [6.45, 7) is 6.26. The lowest BCUT2D eigenvalue weighted by molar-refractivity contribution is 0.607. The van der Waals surface area contributed by atoms with Gasteiger partial charge in [0.25, 0.3) is 5.56 Å². The van der Waals surface area contributed by atoms with Gasteiger partial charge < -0.3 is 4.98 Å². The maximum atomic E-state index is 11.4. The second-order valence-corrected chi connectivity index (χ2v) is 4.96. The van der Waals surface area contributed by atoms with Gasteiger partial charge in [-0.05, 0) is 11.5 Å². The van der Waals surface area contributed by atoms with Crippen LogP contribution < -0.4 is 5.56 Å². The van der Waals surface area contributed by atoms with Gasteiger partial charge in [0.05, 0.1) is 11.2 Å². The molecule has 0 aliphatic rings. The Hall–Kier alpha value is -1.23. The molecule has 0 saturated carbocycles. The third-order valence-electron chi connectivity index (χ3n) is 1.95. The highest BCUT2D eigenvalue weighted by atomic mass is 32.1. The Morgan fingerprint density at radius 1 is 1.36 bits per heavy atom. The molecule has 0 aromatic carbocycles. The summed E-state index contributed by atoms with van der Waals surface area (Å²) >= 11 is 1.35. The largest absolute Gasteiger partial charge is 0.311 e. The molecular formula is C9H11N3OS. The van der Waals surface area contributed by atoms with Gasteiger partial charge in [0.2, 0.25) is 0 Å². The van der Waals surface area contributed by atoms with Gasteiger partial charge in [-0.15, -0.1) is 0 Å². The fourth-order valence-electron chi connectivity index (χ4n) is 1.27. The summed E-state index contributed by atoms with van der Waals surface area (Å²) in [6.07, 6.45) is 1.42. The Balaban J connectivity index is 2.83. The summed E-state index contributed by atoms with van der Waals surface area (Å²) in [7, 11) is 0. The van der Waals surface area contributed by atoms with Gasteiger partial charge in [-0.25, -0.2) is 4.98 Å². The van der Waals surface area contributed by atoms with Crippen LogP contribution in [0.1, 0.15) is 25.6 Å². The fraction of sp³-hybridized carbons (Fsp3) is 0.444. The average Bonchev–Trinajstić information content (AvgIpc) is 2.47. The molecule has 0 amide bonds. The molecule has 0 saturated heterocycles. The van der Waals surface area contributed by atoms with Crippen molar-refractivity contribution in [2.75, 3.05) is 0 Å². The van der Waals surface area contributed by atoms with Crippen LogP contribution in [0.4, 0.5) is 0 Å². The average molecular weight is 209 g/mol. The van der Waals surface area contributed by atoms with Crippen molar-refractivity contribution in [3.05, 3.63) is 21.6 Å². The topological polar surface area (TPSA) is 58.6 Å².